The zero-order chi connectivity index (χ0) is 19.5. The Morgan fingerprint density at radius 3 is 2.19 bits per heavy atom. The molecule has 156 valence electrons. The molecule has 1 saturated carbocycles. The van der Waals surface area contributed by atoms with Crippen LogP contribution in [0, 0.1) is 11.8 Å². The Bertz CT molecular complexity index is 556. The molecule has 2 rings (SSSR count). The molecule has 0 aromatic heterocycles. The van der Waals surface area contributed by atoms with Crippen LogP contribution in [0.3, 0.4) is 0 Å². The Kier molecular flexibility index (Phi) is 8.34. The lowest BCUT2D eigenvalue weighted by atomic mass is 9.96. The van der Waals surface area contributed by atoms with Crippen LogP contribution in [0.25, 0.3) is 0 Å². The lowest BCUT2D eigenvalue weighted by molar-refractivity contribution is -0.188. The molecule has 1 aliphatic carbocycles. The molecule has 1 saturated heterocycles. The van der Waals surface area contributed by atoms with Crippen LogP contribution in [0.1, 0.15) is 39.0 Å². The van der Waals surface area contributed by atoms with E-state index in [-0.39, 0.29) is 18.4 Å². The van der Waals surface area contributed by atoms with Crippen LogP contribution >= 0.6 is 12.4 Å². The zero-order valence-electron chi connectivity index (χ0n) is 14.9. The number of alkyl halides is 3. The molecule has 3 N–H and O–H groups in total. The van der Waals surface area contributed by atoms with Crippen molar-refractivity contribution in [1.29, 1.82) is 0 Å². The average Bonchev–Trinajstić information content (AvgIpc) is 3.00. The van der Waals surface area contributed by atoms with Crippen molar-refractivity contribution < 1.29 is 32.7 Å². The molecule has 3 amide bonds. The lowest BCUT2D eigenvalue weighted by Crippen LogP contribution is -2.51. The van der Waals surface area contributed by atoms with E-state index in [9.17, 15) is 27.6 Å². The molecule has 0 spiro atoms. The Morgan fingerprint density at radius 2 is 1.70 bits per heavy atom. The van der Waals surface area contributed by atoms with Gasteiger partial charge >= 0.3 is 18.2 Å². The topological polar surface area (TPSA) is 98.7 Å². The first kappa shape index (κ1) is 23.5. The number of carbonyl (C=O) groups excluding carboxylic acids is 2. The van der Waals surface area contributed by atoms with Gasteiger partial charge in [0.1, 0.15) is 0 Å². The van der Waals surface area contributed by atoms with Gasteiger partial charge in [-0.25, -0.2) is 4.79 Å². The van der Waals surface area contributed by atoms with Crippen molar-refractivity contribution in [2.45, 2.75) is 57.3 Å². The molecule has 27 heavy (non-hydrogen) atoms. The summed E-state index contributed by atoms with van der Waals surface area (Å²) >= 11 is 0. The summed E-state index contributed by atoms with van der Waals surface area (Å²) in [6, 6.07) is -1.72. The first-order valence-electron chi connectivity index (χ1n) is 8.74. The SMILES string of the molecule is CC(C(=O)NC(=O)NC1CCCCC1)N1C[C@@H](C(F)(F)F)[C@H](C(=O)O)C1.Cl. The van der Waals surface area contributed by atoms with Crippen molar-refractivity contribution in [2.75, 3.05) is 13.1 Å². The van der Waals surface area contributed by atoms with Crippen LogP contribution in [0.4, 0.5) is 18.0 Å². The van der Waals surface area contributed by atoms with Crippen LogP contribution in [-0.4, -0.2) is 59.3 Å². The number of urea groups is 1. The fourth-order valence-electron chi connectivity index (χ4n) is 3.58. The number of hydrogen-bond acceptors (Lipinski definition) is 4. The number of carboxylic acid groups (broad SMARTS) is 1. The molecular weight excluding hydrogens is 391 g/mol. The monoisotopic (exact) mass is 415 g/mol. The molecule has 2 aliphatic rings. The van der Waals surface area contributed by atoms with E-state index in [4.69, 9.17) is 5.11 Å². The predicted molar refractivity (Wildman–Crippen MR) is 92.5 cm³/mol. The van der Waals surface area contributed by atoms with Gasteiger partial charge in [0.05, 0.1) is 17.9 Å². The summed E-state index contributed by atoms with van der Waals surface area (Å²) in [7, 11) is 0. The number of nitrogens with zero attached hydrogens (tertiary/aromatic N) is 1. The van der Waals surface area contributed by atoms with Gasteiger partial charge in [0.25, 0.3) is 0 Å². The normalized spacial score (nSPS) is 25.3. The maximum atomic E-state index is 13.0. The van der Waals surface area contributed by atoms with E-state index >= 15 is 0 Å². The van der Waals surface area contributed by atoms with Crippen LogP contribution in [0.15, 0.2) is 0 Å². The van der Waals surface area contributed by atoms with Crippen molar-refractivity contribution in [3.63, 3.8) is 0 Å². The summed E-state index contributed by atoms with van der Waals surface area (Å²) in [5, 5.41) is 13.9. The van der Waals surface area contributed by atoms with Gasteiger partial charge in [-0.05, 0) is 19.8 Å². The fourth-order valence-corrected chi connectivity index (χ4v) is 3.58. The minimum absolute atomic E-state index is 0. The second-order valence-electron chi connectivity index (χ2n) is 7.02. The predicted octanol–water partition coefficient (Wildman–Crippen LogP) is 2.15. The van der Waals surface area contributed by atoms with Gasteiger partial charge in [0.15, 0.2) is 0 Å². The maximum absolute atomic E-state index is 13.0. The molecule has 0 aromatic carbocycles. The van der Waals surface area contributed by atoms with Gasteiger partial charge < -0.3 is 10.4 Å². The highest BCUT2D eigenvalue weighted by atomic mass is 35.5. The number of likely N-dealkylation sites (tertiary alicyclic amines) is 1. The second-order valence-corrected chi connectivity index (χ2v) is 7.02. The largest absolute Gasteiger partial charge is 0.481 e. The number of imide groups is 1. The van der Waals surface area contributed by atoms with Crippen molar-refractivity contribution in [1.82, 2.24) is 15.5 Å². The minimum atomic E-state index is -4.66. The first-order valence-corrected chi connectivity index (χ1v) is 8.74. The summed E-state index contributed by atoms with van der Waals surface area (Å²) in [6.45, 7) is 0.387. The maximum Gasteiger partial charge on any atom is 0.393 e. The standard InChI is InChI=1S/C16H24F3N3O4.ClH/c1-9(13(23)21-15(26)20-10-5-3-2-4-6-10)22-7-11(14(24)25)12(8-22)16(17,18)19;/h9-12H,2-8H2,1H3,(H,24,25)(H2,20,21,23,26);1H/t9?,11-,12-;/m1./s1. The highest BCUT2D eigenvalue weighted by molar-refractivity contribution is 5.97. The highest BCUT2D eigenvalue weighted by Crippen LogP contribution is 2.38. The van der Waals surface area contributed by atoms with Crippen LogP contribution in [0.5, 0.6) is 0 Å². The van der Waals surface area contributed by atoms with Crippen LogP contribution < -0.4 is 10.6 Å². The van der Waals surface area contributed by atoms with Crippen molar-refractivity contribution >= 4 is 30.3 Å². The molecule has 0 radical (unpaired) electrons. The number of amides is 3. The third kappa shape index (κ3) is 6.24. The molecule has 11 heteroatoms. The fraction of sp³-hybridized carbons (Fsp3) is 0.812. The number of carbonyl (C=O) groups is 3. The lowest BCUT2D eigenvalue weighted by Gasteiger charge is -2.25. The summed E-state index contributed by atoms with van der Waals surface area (Å²) < 4.78 is 39.1. The van der Waals surface area contributed by atoms with E-state index in [1.54, 1.807) is 0 Å². The third-order valence-electron chi connectivity index (χ3n) is 5.19. The van der Waals surface area contributed by atoms with Crippen LogP contribution in [-0.2, 0) is 9.59 Å². The van der Waals surface area contributed by atoms with Gasteiger partial charge in [0.2, 0.25) is 5.91 Å². The molecule has 1 heterocycles. The summed E-state index contributed by atoms with van der Waals surface area (Å²) in [6.07, 6.45) is 0.104. The number of rotatable bonds is 4. The Morgan fingerprint density at radius 1 is 1.11 bits per heavy atom. The number of hydrogen-bond donors (Lipinski definition) is 3. The molecule has 2 fully saturated rings. The molecule has 7 nitrogen and oxygen atoms in total. The summed E-state index contributed by atoms with van der Waals surface area (Å²) in [5.41, 5.74) is 0. The van der Waals surface area contributed by atoms with Gasteiger partial charge in [-0.2, -0.15) is 13.2 Å². The van der Waals surface area contributed by atoms with E-state index in [2.05, 4.69) is 10.6 Å². The molecule has 3 atom stereocenters. The Labute approximate surface area is 161 Å². The van der Waals surface area contributed by atoms with E-state index < -0.39 is 55.1 Å². The first-order chi connectivity index (χ1) is 12.1. The molecule has 1 aliphatic heterocycles. The van der Waals surface area contributed by atoms with E-state index in [0.717, 1.165) is 37.0 Å². The summed E-state index contributed by atoms with van der Waals surface area (Å²) in [4.78, 5) is 36.3. The van der Waals surface area contributed by atoms with Gasteiger partial charge in [-0.3, -0.25) is 19.8 Å². The Balaban J connectivity index is 0.00000364. The van der Waals surface area contributed by atoms with E-state index in [0.29, 0.717) is 0 Å². The quantitative estimate of drug-likeness (QED) is 0.653. The number of aliphatic carboxylic acids is 1. The number of halogens is 4. The zero-order valence-corrected chi connectivity index (χ0v) is 15.7. The smallest absolute Gasteiger partial charge is 0.393 e. The highest BCUT2D eigenvalue weighted by Gasteiger charge is 2.53. The molecule has 0 bridgehead atoms. The summed E-state index contributed by atoms with van der Waals surface area (Å²) in [5.74, 6) is -5.95. The van der Waals surface area contributed by atoms with Crippen molar-refractivity contribution in [2.24, 2.45) is 11.8 Å². The van der Waals surface area contributed by atoms with Gasteiger partial charge in [-0.15, -0.1) is 12.4 Å². The van der Waals surface area contributed by atoms with Crippen molar-refractivity contribution in [3.8, 4) is 0 Å². The third-order valence-corrected chi connectivity index (χ3v) is 5.19. The van der Waals surface area contributed by atoms with Gasteiger partial charge in [-0.1, -0.05) is 19.3 Å². The molecule has 0 aromatic rings. The van der Waals surface area contributed by atoms with Gasteiger partial charge in [0, 0.05) is 19.1 Å². The Hall–Kier alpha value is -1.55. The van der Waals surface area contributed by atoms with E-state index in [1.807, 2.05) is 0 Å². The van der Waals surface area contributed by atoms with Crippen LogP contribution in [0.2, 0.25) is 0 Å². The minimum Gasteiger partial charge on any atom is -0.481 e. The number of carboxylic acids is 1. The average molecular weight is 416 g/mol. The molecular formula is C16H25ClF3N3O4. The number of nitrogens with one attached hydrogen (secondary N) is 2. The molecule has 1 unspecified atom stereocenters. The van der Waals surface area contributed by atoms with Crippen molar-refractivity contribution in [3.05, 3.63) is 0 Å². The second kappa shape index (κ2) is 9.59. The van der Waals surface area contributed by atoms with E-state index in [1.165, 1.54) is 6.92 Å².